The summed E-state index contributed by atoms with van der Waals surface area (Å²) in [5, 5.41) is 17.3. The maximum atomic E-state index is 11.5. The largest absolute Gasteiger partial charge is 0.466 e. The average molecular weight is 389 g/mol. The van der Waals surface area contributed by atoms with Crippen molar-refractivity contribution in [1.82, 2.24) is 0 Å². The smallest absolute Gasteiger partial charge is 0.305 e. The predicted molar refractivity (Wildman–Crippen MR) is 105 cm³/mol. The van der Waals surface area contributed by atoms with Crippen LogP contribution in [0.15, 0.2) is 0 Å². The van der Waals surface area contributed by atoms with Gasteiger partial charge in [-0.3, -0.25) is 9.59 Å². The van der Waals surface area contributed by atoms with Crippen molar-refractivity contribution in [1.29, 1.82) is 0 Å². The third kappa shape index (κ3) is 21.0. The number of carbonyl (C=O) groups is 2. The number of aliphatic hydroxyl groups is 2. The fourth-order valence-corrected chi connectivity index (χ4v) is 2.72. The number of hydrogen-bond acceptors (Lipinski definition) is 6. The van der Waals surface area contributed by atoms with Gasteiger partial charge in [0, 0.05) is 26.1 Å². The van der Waals surface area contributed by atoms with E-state index in [4.69, 9.17) is 19.7 Å². The van der Waals surface area contributed by atoms with Crippen molar-refractivity contribution < 1.29 is 29.3 Å². The van der Waals surface area contributed by atoms with Gasteiger partial charge in [0.1, 0.15) is 0 Å². The van der Waals surface area contributed by atoms with E-state index >= 15 is 0 Å². The first kappa shape index (κ1) is 25.9. The van der Waals surface area contributed by atoms with Crippen LogP contribution >= 0.6 is 0 Å². The Morgan fingerprint density at radius 1 is 0.481 bits per heavy atom. The van der Waals surface area contributed by atoms with Crippen molar-refractivity contribution in [3.8, 4) is 0 Å². The summed E-state index contributed by atoms with van der Waals surface area (Å²) >= 11 is 0. The van der Waals surface area contributed by atoms with Crippen LogP contribution in [0.2, 0.25) is 0 Å². The summed E-state index contributed by atoms with van der Waals surface area (Å²) in [6.07, 6.45) is 12.9. The van der Waals surface area contributed by atoms with E-state index in [2.05, 4.69) is 0 Å². The summed E-state index contributed by atoms with van der Waals surface area (Å²) in [7, 11) is 0. The molecule has 0 amide bonds. The highest BCUT2D eigenvalue weighted by Gasteiger charge is 2.03. The third-order valence-electron chi connectivity index (χ3n) is 4.39. The molecule has 0 saturated carbocycles. The van der Waals surface area contributed by atoms with Crippen LogP contribution in [0.4, 0.5) is 0 Å². The molecule has 0 aliphatic heterocycles. The highest BCUT2D eigenvalue weighted by Crippen LogP contribution is 2.07. The molecule has 0 aromatic heterocycles. The summed E-state index contributed by atoms with van der Waals surface area (Å²) in [5.74, 6) is -0.246. The number of esters is 2. The molecule has 0 aromatic rings. The molecule has 0 heterocycles. The lowest BCUT2D eigenvalue weighted by atomic mass is 10.1. The Morgan fingerprint density at radius 3 is 1.22 bits per heavy atom. The molecular formula is C21H40O6. The molecular weight excluding hydrogens is 348 g/mol. The Bertz CT molecular complexity index is 314. The first-order chi connectivity index (χ1) is 13.2. The molecule has 6 heteroatoms. The lowest BCUT2D eigenvalue weighted by molar-refractivity contribution is -0.144. The maximum Gasteiger partial charge on any atom is 0.305 e. The molecule has 0 spiro atoms. The van der Waals surface area contributed by atoms with Gasteiger partial charge in [0.15, 0.2) is 0 Å². The second kappa shape index (κ2) is 21.2. The Morgan fingerprint density at radius 2 is 0.815 bits per heavy atom. The average Bonchev–Trinajstić information content (AvgIpc) is 2.66. The standard InChI is InChI=1S/C21H40O6/c22-16-10-4-2-8-14-20(24)26-18-12-6-1-7-13-19-27-21(25)15-9-3-5-11-17-23/h22-23H,1-19H2. The van der Waals surface area contributed by atoms with Crippen LogP contribution in [0.5, 0.6) is 0 Å². The molecule has 0 bridgehead atoms. The molecule has 0 atom stereocenters. The molecule has 0 aliphatic carbocycles. The quantitative estimate of drug-likeness (QED) is 0.243. The van der Waals surface area contributed by atoms with Crippen molar-refractivity contribution in [2.75, 3.05) is 26.4 Å². The fraction of sp³-hybridized carbons (Fsp3) is 0.905. The number of unbranched alkanes of at least 4 members (excludes halogenated alkanes) is 10. The van der Waals surface area contributed by atoms with E-state index in [1.807, 2.05) is 0 Å². The van der Waals surface area contributed by atoms with Crippen LogP contribution in [0.25, 0.3) is 0 Å². The van der Waals surface area contributed by atoms with Crippen molar-refractivity contribution >= 4 is 11.9 Å². The SMILES string of the molecule is O=C(CCCCCCO)OCCCCCCCOC(=O)CCCCCCO. The van der Waals surface area contributed by atoms with Gasteiger partial charge in [-0.25, -0.2) is 0 Å². The first-order valence-corrected chi connectivity index (χ1v) is 10.7. The molecule has 27 heavy (non-hydrogen) atoms. The summed E-state index contributed by atoms with van der Waals surface area (Å²) in [5.41, 5.74) is 0. The second-order valence-corrected chi connectivity index (χ2v) is 6.98. The normalized spacial score (nSPS) is 10.7. The van der Waals surface area contributed by atoms with Crippen molar-refractivity contribution in [2.45, 2.75) is 96.3 Å². The van der Waals surface area contributed by atoms with Gasteiger partial charge in [-0.05, 0) is 38.5 Å². The summed E-state index contributed by atoms with van der Waals surface area (Å²) in [6, 6.07) is 0. The lowest BCUT2D eigenvalue weighted by Gasteiger charge is -2.06. The van der Waals surface area contributed by atoms with Gasteiger partial charge >= 0.3 is 11.9 Å². The minimum absolute atomic E-state index is 0.123. The monoisotopic (exact) mass is 388 g/mol. The zero-order valence-corrected chi connectivity index (χ0v) is 17.0. The second-order valence-electron chi connectivity index (χ2n) is 6.98. The van der Waals surface area contributed by atoms with Crippen molar-refractivity contribution in [3.05, 3.63) is 0 Å². The van der Waals surface area contributed by atoms with E-state index in [-0.39, 0.29) is 25.2 Å². The summed E-state index contributed by atoms with van der Waals surface area (Å²) < 4.78 is 10.4. The van der Waals surface area contributed by atoms with E-state index in [1.165, 1.54) is 0 Å². The minimum Gasteiger partial charge on any atom is -0.466 e. The van der Waals surface area contributed by atoms with Crippen molar-refractivity contribution in [3.63, 3.8) is 0 Å². The zero-order chi connectivity index (χ0) is 20.0. The van der Waals surface area contributed by atoms with Gasteiger partial charge in [-0.2, -0.15) is 0 Å². The third-order valence-corrected chi connectivity index (χ3v) is 4.39. The maximum absolute atomic E-state index is 11.5. The first-order valence-electron chi connectivity index (χ1n) is 10.7. The zero-order valence-electron chi connectivity index (χ0n) is 17.0. The number of ether oxygens (including phenoxy) is 2. The van der Waals surface area contributed by atoms with Crippen LogP contribution < -0.4 is 0 Å². The van der Waals surface area contributed by atoms with Gasteiger partial charge in [0.25, 0.3) is 0 Å². The van der Waals surface area contributed by atoms with Crippen LogP contribution in [0.3, 0.4) is 0 Å². The summed E-state index contributed by atoms with van der Waals surface area (Å²) in [4.78, 5) is 23.0. The molecule has 160 valence electrons. The van der Waals surface area contributed by atoms with E-state index in [0.717, 1.165) is 83.5 Å². The highest BCUT2D eigenvalue weighted by molar-refractivity contribution is 5.69. The van der Waals surface area contributed by atoms with Gasteiger partial charge in [0.05, 0.1) is 13.2 Å². The molecule has 0 rings (SSSR count). The van der Waals surface area contributed by atoms with E-state index < -0.39 is 0 Å². The molecule has 0 unspecified atom stereocenters. The summed E-state index contributed by atoms with van der Waals surface area (Å²) in [6.45, 7) is 1.42. The van der Waals surface area contributed by atoms with Crippen LogP contribution in [0, 0.1) is 0 Å². The van der Waals surface area contributed by atoms with Crippen molar-refractivity contribution in [2.24, 2.45) is 0 Å². The predicted octanol–water partition coefficient (Wildman–Crippen LogP) is 3.91. The Hall–Kier alpha value is -1.14. The lowest BCUT2D eigenvalue weighted by Crippen LogP contribution is -2.06. The topological polar surface area (TPSA) is 93.1 Å². The Balaban J connectivity index is 3.23. The van der Waals surface area contributed by atoms with Gasteiger partial charge in [0.2, 0.25) is 0 Å². The molecule has 0 aromatic carbocycles. The minimum atomic E-state index is -0.123. The number of hydrogen-bond donors (Lipinski definition) is 2. The fourth-order valence-electron chi connectivity index (χ4n) is 2.72. The van der Waals surface area contributed by atoms with Gasteiger partial charge in [-0.15, -0.1) is 0 Å². The molecule has 2 N–H and O–H groups in total. The van der Waals surface area contributed by atoms with Crippen LogP contribution in [-0.2, 0) is 19.1 Å². The van der Waals surface area contributed by atoms with Crippen LogP contribution in [0.1, 0.15) is 96.3 Å². The molecule has 0 radical (unpaired) electrons. The number of rotatable bonds is 20. The Labute approximate surface area is 164 Å². The van der Waals surface area contributed by atoms with Gasteiger partial charge in [-0.1, -0.05) is 44.9 Å². The highest BCUT2D eigenvalue weighted by atomic mass is 16.5. The number of carbonyl (C=O) groups excluding carboxylic acids is 2. The number of aliphatic hydroxyl groups excluding tert-OH is 2. The van der Waals surface area contributed by atoms with E-state index in [9.17, 15) is 9.59 Å². The molecule has 6 nitrogen and oxygen atoms in total. The molecule has 0 fully saturated rings. The Kier molecular flexibility index (Phi) is 20.3. The van der Waals surface area contributed by atoms with Crippen LogP contribution in [-0.4, -0.2) is 48.6 Å². The van der Waals surface area contributed by atoms with E-state index in [0.29, 0.717) is 26.1 Å². The molecule has 0 aliphatic rings. The van der Waals surface area contributed by atoms with E-state index in [1.54, 1.807) is 0 Å². The molecule has 0 saturated heterocycles. The van der Waals surface area contributed by atoms with Gasteiger partial charge < -0.3 is 19.7 Å².